The van der Waals surface area contributed by atoms with Gasteiger partial charge in [0, 0.05) is 30.1 Å². The van der Waals surface area contributed by atoms with Crippen molar-refractivity contribution in [2.24, 2.45) is 11.8 Å². The van der Waals surface area contributed by atoms with Crippen LogP contribution in [0.25, 0.3) is 10.9 Å². The molecule has 1 fully saturated rings. The highest BCUT2D eigenvalue weighted by atomic mass is 19.1. The third kappa shape index (κ3) is 7.33. The average Bonchev–Trinajstić information content (AvgIpc) is 2.89. The topological polar surface area (TPSA) is 62.7 Å². The maximum atomic E-state index is 15.6. The molecule has 0 saturated carbocycles. The molecule has 1 aliphatic heterocycles. The molecule has 6 heteroatoms. The summed E-state index contributed by atoms with van der Waals surface area (Å²) in [4.78, 5) is 18.0. The quantitative estimate of drug-likeness (QED) is 0.329. The van der Waals surface area contributed by atoms with Gasteiger partial charge in [0.1, 0.15) is 11.9 Å². The van der Waals surface area contributed by atoms with E-state index in [0.29, 0.717) is 36.6 Å². The summed E-state index contributed by atoms with van der Waals surface area (Å²) in [5, 5.41) is 10.1. The summed E-state index contributed by atoms with van der Waals surface area (Å²) < 4.78 is 20.9. The van der Waals surface area contributed by atoms with E-state index in [-0.39, 0.29) is 12.3 Å². The van der Waals surface area contributed by atoms with Gasteiger partial charge in [-0.25, -0.2) is 4.39 Å². The first-order valence-electron chi connectivity index (χ1n) is 13.4. The number of carboxylic acid groups (broad SMARTS) is 1. The van der Waals surface area contributed by atoms with Crippen molar-refractivity contribution in [3.63, 3.8) is 0 Å². The van der Waals surface area contributed by atoms with Gasteiger partial charge < -0.3 is 9.84 Å². The molecule has 1 N–H and O–H groups in total. The summed E-state index contributed by atoms with van der Waals surface area (Å²) >= 11 is 0. The molecule has 1 aliphatic rings. The van der Waals surface area contributed by atoms with Gasteiger partial charge in [0.2, 0.25) is 0 Å². The van der Waals surface area contributed by atoms with E-state index in [2.05, 4.69) is 53.8 Å². The van der Waals surface area contributed by atoms with Crippen molar-refractivity contribution < 1.29 is 19.0 Å². The zero-order chi connectivity index (χ0) is 27.1. The summed E-state index contributed by atoms with van der Waals surface area (Å²) in [6.45, 7) is 6.49. The smallest absolute Gasteiger partial charge is 0.303 e. The Hall–Kier alpha value is -3.43. The van der Waals surface area contributed by atoms with E-state index in [1.807, 2.05) is 18.2 Å². The fourth-order valence-electron chi connectivity index (χ4n) is 5.68. The summed E-state index contributed by atoms with van der Waals surface area (Å²) in [6, 6.07) is 13.6. The first-order valence-corrected chi connectivity index (χ1v) is 13.4. The summed E-state index contributed by atoms with van der Waals surface area (Å²) in [5.41, 5.74) is 4.81. The monoisotopic (exact) mass is 516 g/mol. The molecule has 4 rings (SSSR count). The molecule has 3 atom stereocenters. The number of hydrogen-bond donors (Lipinski definition) is 1. The van der Waals surface area contributed by atoms with E-state index in [0.717, 1.165) is 42.4 Å². The number of carboxylic acids is 1. The zero-order valence-corrected chi connectivity index (χ0v) is 22.5. The molecule has 1 aromatic heterocycles. The minimum atomic E-state index is -1.12. The number of fused-ring (bicyclic) bond motifs is 1. The third-order valence-corrected chi connectivity index (χ3v) is 7.57. The van der Waals surface area contributed by atoms with Gasteiger partial charge in [-0.15, -0.1) is 0 Å². The highest BCUT2D eigenvalue weighted by Gasteiger charge is 2.30. The Labute approximate surface area is 225 Å². The second-order valence-corrected chi connectivity index (χ2v) is 10.5. The zero-order valence-electron chi connectivity index (χ0n) is 22.5. The Kier molecular flexibility index (Phi) is 9.36. The number of benzene rings is 2. The Morgan fingerprint density at radius 2 is 1.95 bits per heavy atom. The molecule has 0 aliphatic carbocycles. The Morgan fingerprint density at radius 3 is 2.68 bits per heavy atom. The van der Waals surface area contributed by atoms with E-state index >= 15 is 4.39 Å². The lowest BCUT2D eigenvalue weighted by atomic mass is 9.79. The lowest BCUT2D eigenvalue weighted by Gasteiger charge is -2.38. The molecule has 2 heterocycles. The van der Waals surface area contributed by atoms with Crippen LogP contribution in [0.15, 0.2) is 48.7 Å². The number of likely N-dealkylation sites (tertiary alicyclic amines) is 1. The molecule has 0 bridgehead atoms. The van der Waals surface area contributed by atoms with Crippen molar-refractivity contribution in [2.75, 3.05) is 26.7 Å². The number of halogens is 1. The molecule has 5 nitrogen and oxygen atoms in total. The van der Waals surface area contributed by atoms with Crippen LogP contribution in [-0.4, -0.2) is 47.7 Å². The summed E-state index contributed by atoms with van der Waals surface area (Å²) in [7, 11) is 1.60. The maximum absolute atomic E-state index is 15.6. The molecule has 200 valence electrons. The van der Waals surface area contributed by atoms with Crippen LogP contribution in [0.1, 0.15) is 60.5 Å². The van der Waals surface area contributed by atoms with Crippen LogP contribution < -0.4 is 4.74 Å². The van der Waals surface area contributed by atoms with Crippen molar-refractivity contribution >= 4 is 16.9 Å². The number of aromatic nitrogens is 1. The fourth-order valence-corrected chi connectivity index (χ4v) is 5.68. The molecular weight excluding hydrogens is 479 g/mol. The number of methoxy groups -OCH3 is 1. The van der Waals surface area contributed by atoms with Crippen molar-refractivity contribution in [3.05, 3.63) is 70.9 Å². The molecule has 0 unspecified atom stereocenters. The largest absolute Gasteiger partial charge is 0.497 e. The molecule has 3 aromatic rings. The first-order chi connectivity index (χ1) is 18.3. The Bertz CT molecular complexity index is 1310. The lowest BCUT2D eigenvalue weighted by molar-refractivity contribution is -0.137. The molecule has 38 heavy (non-hydrogen) atoms. The Balaban J connectivity index is 1.40. The van der Waals surface area contributed by atoms with Gasteiger partial charge in [-0.1, -0.05) is 17.9 Å². The number of aliphatic carboxylic acids is 1. The number of aryl methyl sites for hydroxylation is 2. The van der Waals surface area contributed by atoms with E-state index < -0.39 is 12.1 Å². The summed E-state index contributed by atoms with van der Waals surface area (Å²) in [5.74, 6) is 6.99. The number of nitrogens with zero attached hydrogens (tertiary/aromatic N) is 2. The van der Waals surface area contributed by atoms with E-state index in [1.165, 1.54) is 11.1 Å². The third-order valence-electron chi connectivity index (χ3n) is 7.57. The van der Waals surface area contributed by atoms with Crippen LogP contribution in [0.3, 0.4) is 0 Å². The molecule has 0 amide bonds. The van der Waals surface area contributed by atoms with Gasteiger partial charge in [0.15, 0.2) is 0 Å². The fraction of sp³-hybridized carbons (Fsp3) is 0.438. The standard InChI is InChI=1S/C32H37FN2O3/c1-22-17-23(2)19-24(18-22)5-4-15-35-16-13-25(26(21-35)7-11-32(36)37)6-9-30(33)28-12-14-34-31-10-8-27(38-3)20-29(28)31/h8,10,12,14,17-20,25-26,30H,6-7,9,11,13,15-16,21H2,1-3H3,(H,36,37)/t25-,26-,30-/m1/s1. The predicted octanol–water partition coefficient (Wildman–Crippen LogP) is 6.51. The maximum Gasteiger partial charge on any atom is 0.303 e. The minimum Gasteiger partial charge on any atom is -0.497 e. The molecular formula is C32H37FN2O3. The highest BCUT2D eigenvalue weighted by molar-refractivity contribution is 5.83. The predicted molar refractivity (Wildman–Crippen MR) is 149 cm³/mol. The van der Waals surface area contributed by atoms with Gasteiger partial charge in [0.25, 0.3) is 0 Å². The number of piperidine rings is 1. The van der Waals surface area contributed by atoms with Crippen LogP contribution >= 0.6 is 0 Å². The van der Waals surface area contributed by atoms with Crippen LogP contribution in [0, 0.1) is 37.5 Å². The molecule has 0 radical (unpaired) electrons. The number of pyridine rings is 1. The van der Waals surface area contributed by atoms with Gasteiger partial charge in [0.05, 0.1) is 19.2 Å². The molecule has 0 spiro atoms. The number of rotatable bonds is 9. The van der Waals surface area contributed by atoms with E-state index in [4.69, 9.17) is 4.74 Å². The van der Waals surface area contributed by atoms with Gasteiger partial charge in [-0.05, 0) is 111 Å². The SMILES string of the molecule is COc1ccc2nccc([C@H](F)CC[C@@H]3CCN(CC#Cc4cc(C)cc(C)c4)C[C@H]3CCC(=O)O)c2c1. The van der Waals surface area contributed by atoms with E-state index in [1.54, 1.807) is 19.4 Å². The first kappa shape index (κ1) is 27.6. The highest BCUT2D eigenvalue weighted by Crippen LogP contribution is 2.36. The van der Waals surface area contributed by atoms with Crippen LogP contribution in [0.4, 0.5) is 4.39 Å². The van der Waals surface area contributed by atoms with Gasteiger partial charge in [-0.3, -0.25) is 14.7 Å². The Morgan fingerprint density at radius 1 is 1.16 bits per heavy atom. The lowest BCUT2D eigenvalue weighted by Crippen LogP contribution is -2.41. The summed E-state index contributed by atoms with van der Waals surface area (Å²) in [6.07, 6.45) is 3.33. The van der Waals surface area contributed by atoms with Crippen molar-refractivity contribution in [1.29, 1.82) is 0 Å². The molecule has 2 aromatic carbocycles. The second kappa shape index (κ2) is 12.9. The molecule has 1 saturated heterocycles. The number of alkyl halides is 1. The van der Waals surface area contributed by atoms with Crippen LogP contribution in [0.2, 0.25) is 0 Å². The van der Waals surface area contributed by atoms with Crippen molar-refractivity contribution in [1.82, 2.24) is 9.88 Å². The second-order valence-electron chi connectivity index (χ2n) is 10.5. The normalized spacial score (nSPS) is 18.5. The number of hydrogen-bond acceptors (Lipinski definition) is 4. The van der Waals surface area contributed by atoms with Gasteiger partial charge in [-0.2, -0.15) is 0 Å². The average molecular weight is 517 g/mol. The van der Waals surface area contributed by atoms with Gasteiger partial charge >= 0.3 is 5.97 Å². The number of carbonyl (C=O) groups is 1. The van der Waals surface area contributed by atoms with Crippen molar-refractivity contribution in [3.8, 4) is 17.6 Å². The van der Waals surface area contributed by atoms with Crippen LogP contribution in [-0.2, 0) is 4.79 Å². The number of ether oxygens (including phenoxy) is 1. The minimum absolute atomic E-state index is 0.136. The van der Waals surface area contributed by atoms with E-state index in [9.17, 15) is 9.90 Å². The van der Waals surface area contributed by atoms with Crippen LogP contribution in [0.5, 0.6) is 5.75 Å². The van der Waals surface area contributed by atoms with Crippen molar-refractivity contribution in [2.45, 2.75) is 52.1 Å².